The minimum atomic E-state index is -0.165. The number of hydrogen-bond acceptors (Lipinski definition) is 7. The minimum absolute atomic E-state index is 0.165. The standard InChI is InChI=1S/C19H18N6O2S/c1-27-11-10-25-18(15-6-8-21-9-7-15)23-24-19(25)28-13-17(26)22-16-4-2-14(12-20)3-5-16/h2-9H,10-11,13H2,1H3,(H,22,26). The molecule has 1 aromatic carbocycles. The number of methoxy groups -OCH3 is 1. The van der Waals surface area contributed by atoms with Gasteiger partial charge < -0.3 is 10.1 Å². The van der Waals surface area contributed by atoms with Gasteiger partial charge in [-0.05, 0) is 36.4 Å². The molecule has 142 valence electrons. The Labute approximate surface area is 166 Å². The summed E-state index contributed by atoms with van der Waals surface area (Å²) in [5.41, 5.74) is 2.08. The van der Waals surface area contributed by atoms with Gasteiger partial charge >= 0.3 is 0 Å². The van der Waals surface area contributed by atoms with Gasteiger partial charge in [0.15, 0.2) is 11.0 Å². The molecule has 2 heterocycles. The number of pyridine rings is 1. The van der Waals surface area contributed by atoms with Gasteiger partial charge in [0.25, 0.3) is 0 Å². The molecule has 0 bridgehead atoms. The summed E-state index contributed by atoms with van der Waals surface area (Å²) in [7, 11) is 1.63. The van der Waals surface area contributed by atoms with Crippen molar-refractivity contribution in [3.8, 4) is 17.5 Å². The zero-order valence-electron chi connectivity index (χ0n) is 15.2. The number of hydrogen-bond donors (Lipinski definition) is 1. The Morgan fingerprint density at radius 3 is 2.64 bits per heavy atom. The fraction of sp³-hybridized carbons (Fsp3) is 0.211. The summed E-state index contributed by atoms with van der Waals surface area (Å²) in [6.45, 7) is 1.07. The summed E-state index contributed by atoms with van der Waals surface area (Å²) < 4.78 is 7.11. The lowest BCUT2D eigenvalue weighted by molar-refractivity contribution is -0.113. The number of carbonyl (C=O) groups is 1. The second-order valence-electron chi connectivity index (χ2n) is 5.71. The van der Waals surface area contributed by atoms with Crippen molar-refractivity contribution in [1.29, 1.82) is 5.26 Å². The largest absolute Gasteiger partial charge is 0.383 e. The molecule has 0 saturated carbocycles. The molecule has 9 heteroatoms. The smallest absolute Gasteiger partial charge is 0.234 e. The average molecular weight is 394 g/mol. The highest BCUT2D eigenvalue weighted by Crippen LogP contribution is 2.23. The molecule has 8 nitrogen and oxygen atoms in total. The number of rotatable bonds is 8. The number of carbonyl (C=O) groups excluding carboxylic acids is 1. The van der Waals surface area contributed by atoms with Crippen LogP contribution in [0.4, 0.5) is 5.69 Å². The van der Waals surface area contributed by atoms with Crippen LogP contribution in [0.5, 0.6) is 0 Å². The summed E-state index contributed by atoms with van der Waals surface area (Å²) in [5.74, 6) is 0.720. The quantitative estimate of drug-likeness (QED) is 0.585. The van der Waals surface area contributed by atoms with E-state index in [1.165, 1.54) is 11.8 Å². The van der Waals surface area contributed by atoms with E-state index in [0.29, 0.717) is 35.4 Å². The first kappa shape index (κ1) is 19.5. The van der Waals surface area contributed by atoms with Crippen LogP contribution in [-0.2, 0) is 16.1 Å². The number of thioether (sulfide) groups is 1. The van der Waals surface area contributed by atoms with Crippen LogP contribution >= 0.6 is 11.8 Å². The van der Waals surface area contributed by atoms with Gasteiger partial charge in [-0.15, -0.1) is 10.2 Å². The molecule has 0 spiro atoms. The van der Waals surface area contributed by atoms with Crippen LogP contribution in [0.3, 0.4) is 0 Å². The highest BCUT2D eigenvalue weighted by Gasteiger charge is 2.15. The molecule has 0 aliphatic carbocycles. The highest BCUT2D eigenvalue weighted by molar-refractivity contribution is 7.99. The predicted molar refractivity (Wildman–Crippen MR) is 106 cm³/mol. The van der Waals surface area contributed by atoms with Crippen LogP contribution in [0.15, 0.2) is 53.9 Å². The topological polar surface area (TPSA) is 106 Å². The van der Waals surface area contributed by atoms with Gasteiger partial charge in [0, 0.05) is 30.8 Å². The van der Waals surface area contributed by atoms with Crippen LogP contribution < -0.4 is 5.32 Å². The van der Waals surface area contributed by atoms with Gasteiger partial charge in [-0.2, -0.15) is 5.26 Å². The molecule has 0 aliphatic rings. The Morgan fingerprint density at radius 2 is 1.96 bits per heavy atom. The van der Waals surface area contributed by atoms with Crippen LogP contribution in [-0.4, -0.2) is 45.1 Å². The molecule has 3 rings (SSSR count). The molecule has 0 unspecified atom stereocenters. The number of benzene rings is 1. The molecule has 0 radical (unpaired) electrons. The van der Waals surface area contributed by atoms with E-state index in [-0.39, 0.29) is 11.7 Å². The molecule has 1 N–H and O–H groups in total. The third-order valence-electron chi connectivity index (χ3n) is 3.80. The molecular formula is C19H18N6O2S. The SMILES string of the molecule is COCCn1c(SCC(=O)Nc2ccc(C#N)cc2)nnc1-c1ccncc1. The van der Waals surface area contributed by atoms with Gasteiger partial charge in [-0.1, -0.05) is 11.8 Å². The van der Waals surface area contributed by atoms with E-state index in [2.05, 4.69) is 20.5 Å². The third kappa shape index (κ3) is 4.94. The van der Waals surface area contributed by atoms with Crippen LogP contribution in [0, 0.1) is 11.3 Å². The van der Waals surface area contributed by atoms with Crippen molar-refractivity contribution in [3.05, 3.63) is 54.4 Å². The van der Waals surface area contributed by atoms with E-state index in [0.717, 1.165) is 5.56 Å². The lowest BCUT2D eigenvalue weighted by Crippen LogP contribution is -2.15. The first-order valence-electron chi connectivity index (χ1n) is 8.46. The molecule has 0 fully saturated rings. The Morgan fingerprint density at radius 1 is 1.21 bits per heavy atom. The van der Waals surface area contributed by atoms with Gasteiger partial charge in [-0.3, -0.25) is 14.3 Å². The van der Waals surface area contributed by atoms with E-state index in [4.69, 9.17) is 10.00 Å². The molecule has 0 saturated heterocycles. The van der Waals surface area contributed by atoms with Crippen molar-refractivity contribution in [1.82, 2.24) is 19.7 Å². The number of anilines is 1. The number of nitrogens with one attached hydrogen (secondary N) is 1. The Kier molecular flexibility index (Phi) is 6.73. The number of amides is 1. The second kappa shape index (κ2) is 9.64. The van der Waals surface area contributed by atoms with Crippen molar-refractivity contribution >= 4 is 23.4 Å². The summed E-state index contributed by atoms with van der Waals surface area (Å²) in [4.78, 5) is 16.3. The maximum atomic E-state index is 12.3. The lowest BCUT2D eigenvalue weighted by atomic mass is 10.2. The van der Waals surface area contributed by atoms with Crippen LogP contribution in [0.1, 0.15) is 5.56 Å². The molecule has 1 amide bonds. The summed E-state index contributed by atoms with van der Waals surface area (Å²) >= 11 is 1.30. The summed E-state index contributed by atoms with van der Waals surface area (Å²) in [6.07, 6.45) is 3.39. The van der Waals surface area contributed by atoms with Crippen molar-refractivity contribution < 1.29 is 9.53 Å². The van der Waals surface area contributed by atoms with E-state index >= 15 is 0 Å². The van der Waals surface area contributed by atoms with E-state index in [9.17, 15) is 4.79 Å². The molecule has 3 aromatic rings. The Balaban J connectivity index is 1.68. The molecule has 2 aromatic heterocycles. The highest BCUT2D eigenvalue weighted by atomic mass is 32.2. The van der Waals surface area contributed by atoms with E-state index in [1.807, 2.05) is 22.8 Å². The number of ether oxygens (including phenoxy) is 1. The zero-order chi connectivity index (χ0) is 19.8. The predicted octanol–water partition coefficient (Wildman–Crippen LogP) is 2.59. The van der Waals surface area contributed by atoms with Crippen LogP contribution in [0.2, 0.25) is 0 Å². The molecule has 28 heavy (non-hydrogen) atoms. The summed E-state index contributed by atoms with van der Waals surface area (Å²) in [6, 6.07) is 12.5. The van der Waals surface area contributed by atoms with Crippen molar-refractivity contribution in [3.63, 3.8) is 0 Å². The molecule has 0 aliphatic heterocycles. The fourth-order valence-corrected chi connectivity index (χ4v) is 3.21. The number of nitriles is 1. The Bertz CT molecular complexity index is 966. The zero-order valence-corrected chi connectivity index (χ0v) is 16.0. The third-order valence-corrected chi connectivity index (χ3v) is 4.77. The number of aromatic nitrogens is 4. The van der Waals surface area contributed by atoms with Crippen LogP contribution in [0.25, 0.3) is 11.4 Å². The Hall–Kier alpha value is -3.22. The fourth-order valence-electron chi connectivity index (χ4n) is 2.45. The average Bonchev–Trinajstić information content (AvgIpc) is 3.14. The van der Waals surface area contributed by atoms with Gasteiger partial charge in [0.05, 0.1) is 30.5 Å². The maximum Gasteiger partial charge on any atom is 0.234 e. The van der Waals surface area contributed by atoms with Crippen molar-refractivity contribution in [2.45, 2.75) is 11.7 Å². The second-order valence-corrected chi connectivity index (χ2v) is 6.66. The van der Waals surface area contributed by atoms with Crippen molar-refractivity contribution in [2.24, 2.45) is 0 Å². The number of nitrogens with zero attached hydrogens (tertiary/aromatic N) is 5. The van der Waals surface area contributed by atoms with Gasteiger partial charge in [0.2, 0.25) is 5.91 Å². The molecule has 0 atom stereocenters. The van der Waals surface area contributed by atoms with Gasteiger partial charge in [-0.25, -0.2) is 0 Å². The first-order chi connectivity index (χ1) is 13.7. The minimum Gasteiger partial charge on any atom is -0.383 e. The van der Waals surface area contributed by atoms with E-state index in [1.54, 1.807) is 43.8 Å². The van der Waals surface area contributed by atoms with Crippen molar-refractivity contribution in [2.75, 3.05) is 24.8 Å². The normalized spacial score (nSPS) is 10.4. The first-order valence-corrected chi connectivity index (χ1v) is 9.45. The van der Waals surface area contributed by atoms with E-state index < -0.39 is 0 Å². The molecular weight excluding hydrogens is 376 g/mol. The van der Waals surface area contributed by atoms with Gasteiger partial charge in [0.1, 0.15) is 0 Å². The lowest BCUT2D eigenvalue weighted by Gasteiger charge is -2.10. The monoisotopic (exact) mass is 394 g/mol. The maximum absolute atomic E-state index is 12.3. The summed E-state index contributed by atoms with van der Waals surface area (Å²) in [5, 5.41) is 20.8.